The molecular weight excluding hydrogens is 312 g/mol. The summed E-state index contributed by atoms with van der Waals surface area (Å²) in [6, 6.07) is 1.58. The Morgan fingerprint density at radius 2 is 2.08 bits per heavy atom. The third-order valence-electron chi connectivity index (χ3n) is 3.61. The van der Waals surface area contributed by atoms with Gasteiger partial charge in [0.05, 0.1) is 13.2 Å². The second-order valence-electron chi connectivity index (χ2n) is 6.51. The van der Waals surface area contributed by atoms with Gasteiger partial charge in [-0.25, -0.2) is 14.8 Å². The van der Waals surface area contributed by atoms with Crippen LogP contribution in [0.25, 0.3) is 11.4 Å². The highest BCUT2D eigenvalue weighted by Gasteiger charge is 2.38. The average molecular weight is 332 g/mol. The van der Waals surface area contributed by atoms with Crippen LogP contribution in [0.5, 0.6) is 5.88 Å². The Kier molecular flexibility index (Phi) is 4.13. The third-order valence-corrected chi connectivity index (χ3v) is 3.61. The number of carbonyl (C=O) groups excluding carboxylic acids is 1. The minimum absolute atomic E-state index is 0.177. The summed E-state index contributed by atoms with van der Waals surface area (Å²) in [6.45, 7) is 6.15. The van der Waals surface area contributed by atoms with Crippen molar-refractivity contribution in [2.24, 2.45) is 0 Å². The second kappa shape index (κ2) is 6.10. The molecule has 0 radical (unpaired) electrons. The van der Waals surface area contributed by atoms with Gasteiger partial charge in [0.2, 0.25) is 5.88 Å². The first-order valence-electron chi connectivity index (χ1n) is 7.70. The molecule has 0 saturated carbocycles. The number of nitrogens with zero attached hydrogens (tertiary/aromatic N) is 4. The normalized spacial score (nSPS) is 17.3. The van der Waals surface area contributed by atoms with E-state index in [1.807, 2.05) is 20.8 Å². The van der Waals surface area contributed by atoms with E-state index in [0.717, 1.165) is 6.42 Å². The van der Waals surface area contributed by atoms with E-state index in [0.29, 0.717) is 29.6 Å². The summed E-state index contributed by atoms with van der Waals surface area (Å²) in [4.78, 5) is 22.1. The highest BCUT2D eigenvalue weighted by molar-refractivity contribution is 5.70. The summed E-state index contributed by atoms with van der Waals surface area (Å²) in [5.74, 6) is 0.963. The van der Waals surface area contributed by atoms with Crippen LogP contribution in [-0.4, -0.2) is 45.4 Å². The highest BCUT2D eigenvalue weighted by Crippen LogP contribution is 2.36. The van der Waals surface area contributed by atoms with Gasteiger partial charge in [-0.1, -0.05) is 5.16 Å². The standard InChI is InChI=1S/C16H20N4O4/c1-16(2,3)23-15(21)20-8-5-11(20)12-9-10(19-24-12)13-14(22-4)18-7-6-17-13/h6-7,9,11H,5,8H2,1-4H3. The van der Waals surface area contributed by atoms with Gasteiger partial charge in [-0.15, -0.1) is 0 Å². The molecular formula is C16H20N4O4. The van der Waals surface area contributed by atoms with Crippen molar-refractivity contribution in [3.63, 3.8) is 0 Å². The first-order valence-corrected chi connectivity index (χ1v) is 7.70. The van der Waals surface area contributed by atoms with Crippen molar-refractivity contribution in [1.82, 2.24) is 20.0 Å². The fraction of sp³-hybridized carbons (Fsp3) is 0.500. The fourth-order valence-electron chi connectivity index (χ4n) is 2.43. The Balaban J connectivity index is 1.77. The molecule has 0 aromatic carbocycles. The monoisotopic (exact) mass is 332 g/mol. The summed E-state index contributed by atoms with van der Waals surface area (Å²) in [5, 5.41) is 4.03. The zero-order valence-corrected chi connectivity index (χ0v) is 14.1. The lowest BCUT2D eigenvalue weighted by molar-refractivity contribution is -0.0108. The number of hydrogen-bond donors (Lipinski definition) is 0. The van der Waals surface area contributed by atoms with Crippen LogP contribution in [0.4, 0.5) is 4.79 Å². The van der Waals surface area contributed by atoms with Crippen LogP contribution in [0, 0.1) is 0 Å². The first-order chi connectivity index (χ1) is 11.4. The molecule has 3 heterocycles. The minimum atomic E-state index is -0.531. The van der Waals surface area contributed by atoms with Gasteiger partial charge in [0.1, 0.15) is 11.3 Å². The topological polar surface area (TPSA) is 90.6 Å². The lowest BCUT2D eigenvalue weighted by Gasteiger charge is -2.39. The molecule has 0 spiro atoms. The van der Waals surface area contributed by atoms with Crippen LogP contribution in [0.1, 0.15) is 39.0 Å². The van der Waals surface area contributed by atoms with Gasteiger partial charge in [0.15, 0.2) is 11.5 Å². The van der Waals surface area contributed by atoms with Crippen molar-refractivity contribution < 1.29 is 18.8 Å². The molecule has 2 aromatic heterocycles. The molecule has 0 N–H and O–H groups in total. The molecule has 1 atom stereocenters. The quantitative estimate of drug-likeness (QED) is 0.853. The van der Waals surface area contributed by atoms with Crippen molar-refractivity contribution >= 4 is 6.09 Å². The number of carbonyl (C=O) groups is 1. The number of rotatable bonds is 3. The number of likely N-dealkylation sites (tertiary alicyclic amines) is 1. The Morgan fingerprint density at radius 1 is 1.33 bits per heavy atom. The smallest absolute Gasteiger partial charge is 0.410 e. The van der Waals surface area contributed by atoms with E-state index in [2.05, 4.69) is 15.1 Å². The largest absolute Gasteiger partial charge is 0.479 e. The van der Waals surface area contributed by atoms with Gasteiger partial charge in [0.25, 0.3) is 0 Å². The molecule has 8 heteroatoms. The fourth-order valence-corrected chi connectivity index (χ4v) is 2.43. The number of ether oxygens (including phenoxy) is 2. The summed E-state index contributed by atoms with van der Waals surface area (Å²) in [6.07, 6.45) is 3.54. The van der Waals surface area contributed by atoms with Crippen LogP contribution in [0.15, 0.2) is 23.0 Å². The molecule has 8 nitrogen and oxygen atoms in total. The molecule has 1 fully saturated rings. The third kappa shape index (κ3) is 3.17. The maximum atomic E-state index is 12.2. The number of methoxy groups -OCH3 is 1. The maximum Gasteiger partial charge on any atom is 0.410 e. The highest BCUT2D eigenvalue weighted by atomic mass is 16.6. The molecule has 0 aliphatic carbocycles. The van der Waals surface area contributed by atoms with Crippen LogP contribution in [-0.2, 0) is 4.74 Å². The summed E-state index contributed by atoms with van der Waals surface area (Å²) in [5.41, 5.74) is 0.487. The number of hydrogen-bond acceptors (Lipinski definition) is 7. The van der Waals surface area contributed by atoms with Crippen LogP contribution < -0.4 is 4.74 Å². The number of aromatic nitrogens is 3. The lowest BCUT2D eigenvalue weighted by Crippen LogP contribution is -2.47. The van der Waals surface area contributed by atoms with Crippen LogP contribution in [0.2, 0.25) is 0 Å². The van der Waals surface area contributed by atoms with Crippen molar-refractivity contribution in [2.45, 2.75) is 38.8 Å². The van der Waals surface area contributed by atoms with Gasteiger partial charge in [-0.05, 0) is 27.2 Å². The van der Waals surface area contributed by atoms with Crippen LogP contribution in [0.3, 0.4) is 0 Å². The Bertz CT molecular complexity index is 738. The van der Waals surface area contributed by atoms with Crippen molar-refractivity contribution in [3.05, 3.63) is 24.2 Å². The van der Waals surface area contributed by atoms with E-state index in [4.69, 9.17) is 14.0 Å². The van der Waals surface area contributed by atoms with E-state index in [-0.39, 0.29) is 12.1 Å². The Morgan fingerprint density at radius 3 is 2.71 bits per heavy atom. The molecule has 1 amide bonds. The van der Waals surface area contributed by atoms with Crippen molar-refractivity contribution in [3.8, 4) is 17.3 Å². The zero-order chi connectivity index (χ0) is 17.3. The zero-order valence-electron chi connectivity index (χ0n) is 14.1. The molecule has 3 rings (SSSR count). The molecule has 0 bridgehead atoms. The van der Waals surface area contributed by atoms with E-state index in [1.54, 1.807) is 23.4 Å². The Labute approximate surface area is 139 Å². The van der Waals surface area contributed by atoms with Gasteiger partial charge in [-0.2, -0.15) is 0 Å². The first kappa shape index (κ1) is 16.2. The predicted octanol–water partition coefficient (Wildman–Crippen LogP) is 2.82. The molecule has 1 saturated heterocycles. The second-order valence-corrected chi connectivity index (χ2v) is 6.51. The molecule has 128 valence electrons. The van der Waals surface area contributed by atoms with Crippen LogP contribution >= 0.6 is 0 Å². The van der Waals surface area contributed by atoms with E-state index in [9.17, 15) is 4.79 Å². The van der Waals surface area contributed by atoms with Crippen molar-refractivity contribution in [2.75, 3.05) is 13.7 Å². The maximum absolute atomic E-state index is 12.2. The summed E-state index contributed by atoms with van der Waals surface area (Å²) >= 11 is 0. The summed E-state index contributed by atoms with van der Waals surface area (Å²) < 4.78 is 16.0. The van der Waals surface area contributed by atoms with E-state index in [1.165, 1.54) is 7.11 Å². The van der Waals surface area contributed by atoms with Gasteiger partial charge in [0, 0.05) is 25.0 Å². The SMILES string of the molecule is COc1nccnc1-c1cc(C2CCN2C(=O)OC(C)(C)C)on1. The Hall–Kier alpha value is -2.64. The minimum Gasteiger partial charge on any atom is -0.479 e. The van der Waals surface area contributed by atoms with Gasteiger partial charge >= 0.3 is 6.09 Å². The molecule has 1 aliphatic heterocycles. The predicted molar refractivity (Wildman–Crippen MR) is 84.4 cm³/mol. The van der Waals surface area contributed by atoms with Gasteiger partial charge < -0.3 is 14.0 Å². The molecule has 2 aromatic rings. The van der Waals surface area contributed by atoms with Crippen molar-refractivity contribution in [1.29, 1.82) is 0 Å². The average Bonchev–Trinajstić information content (AvgIpc) is 2.93. The van der Waals surface area contributed by atoms with E-state index < -0.39 is 5.60 Å². The van der Waals surface area contributed by atoms with Gasteiger partial charge in [-0.3, -0.25) is 4.90 Å². The molecule has 1 aliphatic rings. The lowest BCUT2D eigenvalue weighted by atomic mass is 10.0. The number of amides is 1. The molecule has 1 unspecified atom stereocenters. The van der Waals surface area contributed by atoms with E-state index >= 15 is 0 Å². The summed E-state index contributed by atoms with van der Waals surface area (Å²) in [7, 11) is 1.52. The molecule has 24 heavy (non-hydrogen) atoms.